The first-order valence-electron chi connectivity index (χ1n) is 16.0. The number of ether oxygens (including phenoxy) is 1. The van der Waals surface area contributed by atoms with Gasteiger partial charge in [-0.05, 0) is 71.5 Å². The molecule has 1 amide bonds. The molecule has 0 saturated carbocycles. The van der Waals surface area contributed by atoms with E-state index < -0.39 is 58.8 Å². The van der Waals surface area contributed by atoms with Gasteiger partial charge >= 0.3 is 0 Å². The Kier molecular flexibility index (Phi) is 10.3. The average Bonchev–Trinajstić information content (AvgIpc) is 3.11. The fourth-order valence-electron chi connectivity index (χ4n) is 6.63. The van der Waals surface area contributed by atoms with Crippen molar-refractivity contribution in [1.29, 1.82) is 0 Å². The molecule has 2 fully saturated rings. The van der Waals surface area contributed by atoms with E-state index in [2.05, 4.69) is 0 Å². The number of para-hydroxylation sites is 1. The highest BCUT2D eigenvalue weighted by molar-refractivity contribution is 7.91. The minimum absolute atomic E-state index is 0.0259. The number of aliphatic hydroxyl groups excluding tert-OH is 5. The van der Waals surface area contributed by atoms with Gasteiger partial charge in [0.2, 0.25) is 5.91 Å². The predicted molar refractivity (Wildman–Crippen MR) is 178 cm³/mol. The summed E-state index contributed by atoms with van der Waals surface area (Å²) in [5.74, 6) is -1.48. The Labute approximate surface area is 283 Å². The third-order valence-electron chi connectivity index (χ3n) is 9.43. The molecule has 8 unspecified atom stereocenters. The molecule has 0 radical (unpaired) electrons. The lowest BCUT2D eigenvalue weighted by atomic mass is 9.78. The number of nitrogens with zero attached hydrogens (tertiary/aromatic N) is 1. The largest absolute Gasteiger partial charge is 0.394 e. The molecule has 12 heteroatoms. The smallest absolute Gasteiger partial charge is 0.233 e. The van der Waals surface area contributed by atoms with Crippen LogP contribution in [0.25, 0.3) is 11.1 Å². The van der Waals surface area contributed by atoms with Gasteiger partial charge in [-0.25, -0.2) is 12.8 Å². The zero-order chi connectivity index (χ0) is 34.9. The fourth-order valence-corrected chi connectivity index (χ4v) is 8.08. The number of benzene rings is 4. The van der Waals surface area contributed by atoms with Crippen LogP contribution in [-0.2, 0) is 19.4 Å². The van der Waals surface area contributed by atoms with Crippen molar-refractivity contribution in [1.82, 2.24) is 0 Å². The molecular weight excluding hydrogens is 653 g/mol. The van der Waals surface area contributed by atoms with E-state index in [1.165, 1.54) is 36.4 Å². The van der Waals surface area contributed by atoms with Crippen molar-refractivity contribution in [2.75, 3.05) is 17.3 Å². The fraction of sp³-hybridized carbons (Fsp3) is 0.324. The number of rotatable bonds is 11. The number of anilines is 1. The van der Waals surface area contributed by atoms with Gasteiger partial charge in [0.25, 0.3) is 0 Å². The molecule has 8 atom stereocenters. The molecular formula is C37H38FNO9S. The van der Waals surface area contributed by atoms with Crippen LogP contribution < -0.4 is 4.90 Å². The molecule has 0 aromatic heterocycles. The lowest BCUT2D eigenvalue weighted by Gasteiger charge is -2.48. The molecule has 0 bridgehead atoms. The maximum absolute atomic E-state index is 13.4. The molecule has 4 aromatic carbocycles. The molecule has 10 nitrogen and oxygen atoms in total. The highest BCUT2D eigenvalue weighted by Gasteiger charge is 2.48. The van der Waals surface area contributed by atoms with Gasteiger partial charge in [-0.2, -0.15) is 0 Å². The Hall–Kier alpha value is -4.01. The van der Waals surface area contributed by atoms with Crippen LogP contribution in [0.4, 0.5) is 10.1 Å². The zero-order valence-electron chi connectivity index (χ0n) is 26.4. The summed E-state index contributed by atoms with van der Waals surface area (Å²) in [6.45, 7) is -0.655. The molecule has 0 aliphatic carbocycles. The number of carbonyl (C=O) groups excluding carboxylic acids is 1. The molecule has 49 heavy (non-hydrogen) atoms. The van der Waals surface area contributed by atoms with E-state index in [0.29, 0.717) is 18.4 Å². The summed E-state index contributed by atoms with van der Waals surface area (Å²) in [6, 6.07) is 28.5. The summed E-state index contributed by atoms with van der Waals surface area (Å²) < 4.78 is 45.1. The second-order valence-electron chi connectivity index (χ2n) is 12.5. The first kappa shape index (κ1) is 34.8. The van der Waals surface area contributed by atoms with Crippen LogP contribution in [0, 0.1) is 11.7 Å². The van der Waals surface area contributed by atoms with E-state index in [4.69, 9.17) is 4.74 Å². The van der Waals surface area contributed by atoms with Crippen molar-refractivity contribution in [3.05, 3.63) is 120 Å². The van der Waals surface area contributed by atoms with Crippen molar-refractivity contribution in [2.45, 2.75) is 60.4 Å². The second kappa shape index (κ2) is 14.5. The maximum Gasteiger partial charge on any atom is 0.233 e. The topological polar surface area (TPSA) is 165 Å². The quantitative estimate of drug-likeness (QED) is 0.149. The van der Waals surface area contributed by atoms with E-state index in [0.717, 1.165) is 22.4 Å². The van der Waals surface area contributed by atoms with Crippen LogP contribution in [0.2, 0.25) is 0 Å². The van der Waals surface area contributed by atoms with E-state index >= 15 is 0 Å². The van der Waals surface area contributed by atoms with Gasteiger partial charge in [0.1, 0.15) is 36.3 Å². The van der Waals surface area contributed by atoms with Gasteiger partial charge in [0, 0.05) is 5.69 Å². The Morgan fingerprint density at radius 3 is 1.98 bits per heavy atom. The summed E-state index contributed by atoms with van der Waals surface area (Å²) in [6.07, 6.45) is -7.56. The average molecular weight is 692 g/mol. The normalized spacial score (nSPS) is 26.3. The zero-order valence-corrected chi connectivity index (χ0v) is 27.2. The summed E-state index contributed by atoms with van der Waals surface area (Å²) in [5.41, 5.74) is 3.79. The molecule has 2 aliphatic rings. The molecule has 4 aromatic rings. The minimum Gasteiger partial charge on any atom is -0.394 e. The summed E-state index contributed by atoms with van der Waals surface area (Å²) in [5, 5.41) is 50.5. The standard InChI is InChI=1S/C37H38FNO9S/c38-26-14-10-24(11-15-26)30(41)19-18-29-33(39(37(29)45)27-4-2-1-3-5-27)25-8-6-22(7-9-25)23-12-16-28(17-13-23)49(46,47)21-32-35(43)36(44)34(42)31(20-40)48-32/h1-17,29-36,40-44H,18-21H2. The number of hydrogen-bond donors (Lipinski definition) is 5. The maximum atomic E-state index is 13.4. The number of hydrogen-bond acceptors (Lipinski definition) is 9. The van der Waals surface area contributed by atoms with E-state index in [1.807, 2.05) is 54.6 Å². The monoisotopic (exact) mass is 691 g/mol. The lowest BCUT2D eigenvalue weighted by molar-refractivity contribution is -0.223. The van der Waals surface area contributed by atoms with Gasteiger partial charge in [0.15, 0.2) is 9.84 Å². The predicted octanol–water partition coefficient (Wildman–Crippen LogP) is 3.33. The number of carbonyl (C=O) groups is 1. The van der Waals surface area contributed by atoms with Crippen molar-refractivity contribution >= 4 is 21.4 Å². The molecule has 5 N–H and O–H groups in total. The van der Waals surface area contributed by atoms with Crippen LogP contribution in [0.5, 0.6) is 0 Å². The first-order chi connectivity index (χ1) is 23.5. The van der Waals surface area contributed by atoms with Gasteiger partial charge in [-0.3, -0.25) is 4.79 Å². The lowest BCUT2D eigenvalue weighted by Crippen LogP contribution is -2.60. The summed E-state index contributed by atoms with van der Waals surface area (Å²) in [4.78, 5) is 15.2. The van der Waals surface area contributed by atoms with Crippen LogP contribution in [0.3, 0.4) is 0 Å². The van der Waals surface area contributed by atoms with Crippen molar-refractivity contribution in [3.63, 3.8) is 0 Å². The third-order valence-corrected chi connectivity index (χ3v) is 11.2. The van der Waals surface area contributed by atoms with Crippen molar-refractivity contribution in [3.8, 4) is 11.1 Å². The molecule has 6 rings (SSSR count). The molecule has 2 aliphatic heterocycles. The summed E-state index contributed by atoms with van der Waals surface area (Å²) >= 11 is 0. The van der Waals surface area contributed by atoms with Crippen LogP contribution >= 0.6 is 0 Å². The van der Waals surface area contributed by atoms with E-state index in [9.17, 15) is 43.1 Å². The van der Waals surface area contributed by atoms with Crippen molar-refractivity contribution in [2.24, 2.45) is 5.92 Å². The Bertz CT molecular complexity index is 1840. The highest BCUT2D eigenvalue weighted by Crippen LogP contribution is 2.46. The van der Waals surface area contributed by atoms with Gasteiger partial charge < -0.3 is 35.2 Å². The number of β-lactam (4-membered cyclic amide) rings is 1. The first-order valence-corrected chi connectivity index (χ1v) is 17.7. The van der Waals surface area contributed by atoms with Crippen LogP contribution in [0.1, 0.15) is 36.1 Å². The van der Waals surface area contributed by atoms with Gasteiger partial charge in [-0.1, -0.05) is 66.7 Å². The minimum atomic E-state index is -3.98. The second-order valence-corrected chi connectivity index (χ2v) is 14.6. The number of halogens is 1. The third kappa shape index (κ3) is 7.17. The number of amides is 1. The van der Waals surface area contributed by atoms with Crippen LogP contribution in [0.15, 0.2) is 108 Å². The van der Waals surface area contributed by atoms with Gasteiger partial charge in [-0.15, -0.1) is 0 Å². The molecule has 258 valence electrons. The van der Waals surface area contributed by atoms with E-state index in [1.54, 1.807) is 17.0 Å². The highest BCUT2D eigenvalue weighted by atomic mass is 32.2. The Balaban J connectivity index is 1.17. The molecule has 2 heterocycles. The number of sulfone groups is 1. The van der Waals surface area contributed by atoms with Crippen molar-refractivity contribution < 1.29 is 47.9 Å². The van der Waals surface area contributed by atoms with E-state index in [-0.39, 0.29) is 28.6 Å². The SMILES string of the molecule is O=C1C(CCC(O)c2ccc(F)cc2)C(c2ccc(-c3ccc(S(=O)(=O)CC4OC(CO)C(O)C(O)C4O)cc3)cc2)N1c1ccccc1. The number of aliphatic hydroxyl groups is 5. The Morgan fingerprint density at radius 1 is 0.776 bits per heavy atom. The van der Waals surface area contributed by atoms with Gasteiger partial charge in [0.05, 0.1) is 35.3 Å². The molecule has 0 spiro atoms. The Morgan fingerprint density at radius 2 is 1.37 bits per heavy atom. The van der Waals surface area contributed by atoms with Crippen LogP contribution in [-0.4, -0.2) is 82.7 Å². The molecule has 2 saturated heterocycles. The summed E-state index contributed by atoms with van der Waals surface area (Å²) in [7, 11) is -3.98.